The van der Waals surface area contributed by atoms with Gasteiger partial charge in [-0.15, -0.1) is 0 Å². The van der Waals surface area contributed by atoms with Crippen molar-refractivity contribution < 1.29 is 9.53 Å². The van der Waals surface area contributed by atoms with Crippen LogP contribution in [0.15, 0.2) is 36.4 Å². The molecule has 0 radical (unpaired) electrons. The Labute approximate surface area is 177 Å². The Bertz CT molecular complexity index is 842. The molecule has 0 atom stereocenters. The molecule has 5 heteroatoms. The summed E-state index contributed by atoms with van der Waals surface area (Å²) >= 11 is 11.9. The van der Waals surface area contributed by atoms with Gasteiger partial charge in [0.25, 0.3) is 0 Å². The van der Waals surface area contributed by atoms with Gasteiger partial charge in [-0.05, 0) is 79.5 Å². The fourth-order valence-corrected chi connectivity index (χ4v) is 4.25. The van der Waals surface area contributed by atoms with Crippen molar-refractivity contribution in [1.82, 2.24) is 0 Å². The first-order valence-electron chi connectivity index (χ1n) is 9.74. The Morgan fingerprint density at radius 1 is 1.04 bits per heavy atom. The molecule has 2 aromatic rings. The third kappa shape index (κ3) is 5.21. The number of carbonyl (C=O) groups is 1. The van der Waals surface area contributed by atoms with Crippen LogP contribution in [0.3, 0.4) is 0 Å². The first-order chi connectivity index (χ1) is 13.3. The molecule has 0 heterocycles. The third-order valence-electron chi connectivity index (χ3n) is 5.51. The number of halogens is 2. The van der Waals surface area contributed by atoms with Crippen molar-refractivity contribution >= 4 is 34.9 Å². The largest absolute Gasteiger partial charge is 0.462 e. The Morgan fingerprint density at radius 2 is 1.75 bits per heavy atom. The van der Waals surface area contributed by atoms with Crippen LogP contribution in [-0.4, -0.2) is 26.2 Å². The summed E-state index contributed by atoms with van der Waals surface area (Å²) in [5.74, 6) is 0.342. The maximum Gasteiger partial charge on any atom is 0.310 e. The Balaban J connectivity index is 1.52. The summed E-state index contributed by atoms with van der Waals surface area (Å²) in [5.41, 5.74) is 4.81. The number of carbonyl (C=O) groups excluding carboxylic acids is 1. The molecule has 0 spiro atoms. The van der Waals surface area contributed by atoms with Gasteiger partial charge in [0.2, 0.25) is 0 Å². The second kappa shape index (κ2) is 9.19. The molecule has 1 fully saturated rings. The lowest BCUT2D eigenvalue weighted by molar-refractivity contribution is -0.149. The molecule has 3 nitrogen and oxygen atoms in total. The fraction of sp³-hybridized carbons (Fsp3) is 0.435. The number of anilines is 1. The van der Waals surface area contributed by atoms with E-state index in [2.05, 4.69) is 44.1 Å². The number of hydrogen-bond acceptors (Lipinski definition) is 3. The van der Waals surface area contributed by atoms with Crippen LogP contribution in [0.5, 0.6) is 0 Å². The van der Waals surface area contributed by atoms with Gasteiger partial charge in [-0.3, -0.25) is 4.79 Å². The zero-order chi connectivity index (χ0) is 20.3. The highest BCUT2D eigenvalue weighted by atomic mass is 35.5. The molecule has 1 aliphatic rings. The predicted molar refractivity (Wildman–Crippen MR) is 117 cm³/mol. The molecule has 0 aromatic heterocycles. The minimum atomic E-state index is -0.201. The molecule has 2 aromatic carbocycles. The molecule has 0 amide bonds. The maximum atomic E-state index is 12.3. The van der Waals surface area contributed by atoms with Crippen molar-refractivity contribution in [3.8, 4) is 0 Å². The van der Waals surface area contributed by atoms with Gasteiger partial charge >= 0.3 is 5.97 Å². The molecule has 1 saturated carbocycles. The zero-order valence-corrected chi connectivity index (χ0v) is 18.2. The highest BCUT2D eigenvalue weighted by Crippen LogP contribution is 2.36. The van der Waals surface area contributed by atoms with Crippen molar-refractivity contribution in [2.45, 2.75) is 51.0 Å². The topological polar surface area (TPSA) is 29.5 Å². The van der Waals surface area contributed by atoms with Crippen LogP contribution in [-0.2, 0) is 16.0 Å². The van der Waals surface area contributed by atoms with Gasteiger partial charge in [0, 0.05) is 19.8 Å². The summed E-state index contributed by atoms with van der Waals surface area (Å²) in [5, 5.41) is 0.953. The van der Waals surface area contributed by atoms with Crippen molar-refractivity contribution in [2.75, 3.05) is 19.0 Å². The van der Waals surface area contributed by atoms with Gasteiger partial charge < -0.3 is 9.64 Å². The van der Waals surface area contributed by atoms with Crippen LogP contribution in [0, 0.1) is 6.92 Å². The molecule has 0 unspecified atom stereocenters. The van der Waals surface area contributed by atoms with E-state index in [0.29, 0.717) is 16.0 Å². The van der Waals surface area contributed by atoms with E-state index in [0.717, 1.165) is 31.2 Å². The predicted octanol–water partition coefficient (Wildman–Crippen LogP) is 6.18. The van der Waals surface area contributed by atoms with E-state index in [9.17, 15) is 4.79 Å². The number of hydrogen-bond donors (Lipinski definition) is 0. The summed E-state index contributed by atoms with van der Waals surface area (Å²) in [6.07, 6.45) is 4.15. The SMILES string of the molecule is Cc1cc(N(C)C)ccc1[C@H]1CC[C@H](OC(=O)Cc2ccc(Cl)c(Cl)c2)CC1. The highest BCUT2D eigenvalue weighted by Gasteiger charge is 2.26. The lowest BCUT2D eigenvalue weighted by Crippen LogP contribution is -2.25. The van der Waals surface area contributed by atoms with E-state index < -0.39 is 0 Å². The van der Waals surface area contributed by atoms with E-state index >= 15 is 0 Å². The van der Waals surface area contributed by atoms with Crippen LogP contribution in [0.4, 0.5) is 5.69 Å². The van der Waals surface area contributed by atoms with E-state index in [-0.39, 0.29) is 18.5 Å². The molecular formula is C23H27Cl2NO2. The minimum absolute atomic E-state index is 0.00729. The second-order valence-electron chi connectivity index (χ2n) is 7.82. The van der Waals surface area contributed by atoms with E-state index in [4.69, 9.17) is 27.9 Å². The Kier molecular flexibility index (Phi) is 6.90. The molecule has 1 aliphatic carbocycles. The van der Waals surface area contributed by atoms with Crippen molar-refractivity contribution in [1.29, 1.82) is 0 Å². The van der Waals surface area contributed by atoms with Gasteiger partial charge in [0.15, 0.2) is 0 Å². The molecule has 0 N–H and O–H groups in total. The molecule has 0 aliphatic heterocycles. The molecular weight excluding hydrogens is 393 g/mol. The van der Waals surface area contributed by atoms with E-state index in [1.165, 1.54) is 16.8 Å². The van der Waals surface area contributed by atoms with Crippen LogP contribution in [0.25, 0.3) is 0 Å². The van der Waals surface area contributed by atoms with Crippen LogP contribution in [0.2, 0.25) is 10.0 Å². The minimum Gasteiger partial charge on any atom is -0.462 e. The second-order valence-corrected chi connectivity index (χ2v) is 8.64. The summed E-state index contributed by atoms with van der Waals surface area (Å²) in [7, 11) is 4.12. The highest BCUT2D eigenvalue weighted by molar-refractivity contribution is 6.42. The van der Waals surface area contributed by atoms with Gasteiger partial charge in [-0.25, -0.2) is 0 Å². The Morgan fingerprint density at radius 3 is 2.36 bits per heavy atom. The fourth-order valence-electron chi connectivity index (χ4n) is 3.93. The normalized spacial score (nSPS) is 19.3. The zero-order valence-electron chi connectivity index (χ0n) is 16.7. The number of ether oxygens (including phenoxy) is 1. The quantitative estimate of drug-likeness (QED) is 0.541. The van der Waals surface area contributed by atoms with Crippen LogP contribution >= 0.6 is 23.2 Å². The summed E-state index contributed by atoms with van der Waals surface area (Å²) < 4.78 is 5.71. The maximum absolute atomic E-state index is 12.3. The lowest BCUT2D eigenvalue weighted by atomic mass is 9.81. The number of rotatable bonds is 5. The average molecular weight is 420 g/mol. The van der Waals surface area contributed by atoms with Crippen molar-refractivity contribution in [2.24, 2.45) is 0 Å². The molecule has 3 rings (SSSR count). The standard InChI is InChI=1S/C23H27Cl2NO2/c1-15-12-18(26(2)3)7-10-20(15)17-5-8-19(9-6-17)28-23(27)14-16-4-11-21(24)22(25)13-16/h4,7,10-13,17,19H,5-6,8-9,14H2,1-3H3/t17-,19-. The molecule has 28 heavy (non-hydrogen) atoms. The molecule has 0 bridgehead atoms. The average Bonchev–Trinajstić information content (AvgIpc) is 2.65. The first-order valence-corrected chi connectivity index (χ1v) is 10.5. The third-order valence-corrected chi connectivity index (χ3v) is 6.25. The van der Waals surface area contributed by atoms with Gasteiger partial charge in [-0.2, -0.15) is 0 Å². The van der Waals surface area contributed by atoms with Gasteiger partial charge in [-0.1, -0.05) is 35.3 Å². The number of aryl methyl sites for hydroxylation is 1. The van der Waals surface area contributed by atoms with Crippen molar-refractivity contribution in [3.63, 3.8) is 0 Å². The molecule has 0 saturated heterocycles. The smallest absolute Gasteiger partial charge is 0.310 e. The van der Waals surface area contributed by atoms with Gasteiger partial charge in [0.1, 0.15) is 6.10 Å². The van der Waals surface area contributed by atoms with E-state index in [1.54, 1.807) is 12.1 Å². The first kappa shape index (κ1) is 21.0. The monoisotopic (exact) mass is 419 g/mol. The number of esters is 1. The summed E-state index contributed by atoms with van der Waals surface area (Å²) in [6, 6.07) is 11.9. The Hall–Kier alpha value is -1.71. The number of nitrogens with zero attached hydrogens (tertiary/aromatic N) is 1. The lowest BCUT2D eigenvalue weighted by Gasteiger charge is -2.30. The van der Waals surface area contributed by atoms with Crippen LogP contribution < -0.4 is 4.90 Å². The van der Waals surface area contributed by atoms with Gasteiger partial charge in [0.05, 0.1) is 16.5 Å². The summed E-state index contributed by atoms with van der Waals surface area (Å²) in [6.45, 7) is 2.19. The number of benzene rings is 2. The summed E-state index contributed by atoms with van der Waals surface area (Å²) in [4.78, 5) is 14.4. The van der Waals surface area contributed by atoms with Crippen molar-refractivity contribution in [3.05, 3.63) is 63.1 Å². The van der Waals surface area contributed by atoms with Crippen LogP contribution in [0.1, 0.15) is 48.3 Å². The van der Waals surface area contributed by atoms with E-state index in [1.807, 2.05) is 6.07 Å². The molecule has 150 valence electrons.